The highest BCUT2D eigenvalue weighted by Gasteiger charge is 2.09. The zero-order valence-corrected chi connectivity index (χ0v) is 11.1. The molecule has 0 fully saturated rings. The van der Waals surface area contributed by atoms with Crippen LogP contribution in [0.4, 0.5) is 5.69 Å². The molecule has 1 aromatic rings. The van der Waals surface area contributed by atoms with E-state index < -0.39 is 11.9 Å². The van der Waals surface area contributed by atoms with Crippen LogP contribution in [0.3, 0.4) is 0 Å². The monoisotopic (exact) mass is 265 g/mol. The molecule has 5 heteroatoms. The Hall–Kier alpha value is -2.04. The molecule has 19 heavy (non-hydrogen) atoms. The SMILES string of the molecule is CCCCOC(=O)COC(=O)Cc1ccc(N)cc1. The van der Waals surface area contributed by atoms with Crippen LogP contribution in [0, 0.1) is 0 Å². The van der Waals surface area contributed by atoms with E-state index in [4.69, 9.17) is 15.2 Å². The summed E-state index contributed by atoms with van der Waals surface area (Å²) in [4.78, 5) is 22.7. The van der Waals surface area contributed by atoms with E-state index in [-0.39, 0.29) is 13.0 Å². The number of nitrogen functional groups attached to an aromatic ring is 1. The van der Waals surface area contributed by atoms with Gasteiger partial charge >= 0.3 is 11.9 Å². The van der Waals surface area contributed by atoms with Crippen LogP contribution in [0.15, 0.2) is 24.3 Å². The Labute approximate surface area is 112 Å². The maximum absolute atomic E-state index is 11.5. The number of ether oxygens (including phenoxy) is 2. The lowest BCUT2D eigenvalue weighted by Gasteiger charge is -2.06. The number of rotatable bonds is 7. The maximum atomic E-state index is 11.5. The third kappa shape index (κ3) is 6.45. The van der Waals surface area contributed by atoms with Crippen molar-refractivity contribution in [2.75, 3.05) is 18.9 Å². The summed E-state index contributed by atoms with van der Waals surface area (Å²) in [6.45, 7) is 2.03. The molecule has 0 unspecified atom stereocenters. The first-order valence-electron chi connectivity index (χ1n) is 6.27. The smallest absolute Gasteiger partial charge is 0.344 e. The van der Waals surface area contributed by atoms with Gasteiger partial charge in [-0.2, -0.15) is 0 Å². The number of nitrogens with two attached hydrogens (primary N) is 1. The molecule has 0 spiro atoms. The molecular weight excluding hydrogens is 246 g/mol. The van der Waals surface area contributed by atoms with E-state index in [1.807, 2.05) is 6.92 Å². The summed E-state index contributed by atoms with van der Waals surface area (Å²) in [5, 5.41) is 0. The van der Waals surface area contributed by atoms with Crippen molar-refractivity contribution in [3.05, 3.63) is 29.8 Å². The Kier molecular flexibility index (Phi) is 6.43. The fourth-order valence-electron chi connectivity index (χ4n) is 1.36. The first kappa shape index (κ1) is 15.0. The van der Waals surface area contributed by atoms with Crippen molar-refractivity contribution in [3.63, 3.8) is 0 Å². The molecule has 0 saturated carbocycles. The second-order valence-electron chi connectivity index (χ2n) is 4.15. The topological polar surface area (TPSA) is 78.6 Å². The van der Waals surface area contributed by atoms with Crippen molar-refractivity contribution >= 4 is 17.6 Å². The molecule has 5 nitrogen and oxygen atoms in total. The first-order valence-corrected chi connectivity index (χ1v) is 6.27. The molecule has 0 saturated heterocycles. The first-order chi connectivity index (χ1) is 9.11. The van der Waals surface area contributed by atoms with E-state index >= 15 is 0 Å². The molecule has 1 aromatic carbocycles. The number of carbonyl (C=O) groups excluding carboxylic acids is 2. The van der Waals surface area contributed by atoms with Crippen molar-refractivity contribution in [1.29, 1.82) is 0 Å². The highest BCUT2D eigenvalue weighted by Crippen LogP contribution is 2.06. The predicted molar refractivity (Wildman–Crippen MR) is 71.4 cm³/mol. The van der Waals surface area contributed by atoms with E-state index in [2.05, 4.69) is 0 Å². The van der Waals surface area contributed by atoms with Gasteiger partial charge in [-0.15, -0.1) is 0 Å². The minimum atomic E-state index is -0.515. The summed E-state index contributed by atoms with van der Waals surface area (Å²) < 4.78 is 9.69. The zero-order chi connectivity index (χ0) is 14.1. The van der Waals surface area contributed by atoms with Crippen molar-refractivity contribution in [1.82, 2.24) is 0 Å². The van der Waals surface area contributed by atoms with E-state index in [0.717, 1.165) is 18.4 Å². The van der Waals surface area contributed by atoms with E-state index in [9.17, 15) is 9.59 Å². The Morgan fingerprint density at radius 1 is 1.11 bits per heavy atom. The maximum Gasteiger partial charge on any atom is 0.344 e. The standard InChI is InChI=1S/C14H19NO4/c1-2-3-8-18-14(17)10-19-13(16)9-11-4-6-12(15)7-5-11/h4-7H,2-3,8-10,15H2,1H3. The third-order valence-corrected chi connectivity index (χ3v) is 2.44. The van der Waals surface area contributed by atoms with Crippen molar-refractivity contribution < 1.29 is 19.1 Å². The van der Waals surface area contributed by atoms with Crippen LogP contribution < -0.4 is 5.73 Å². The number of benzene rings is 1. The molecule has 0 bridgehead atoms. The minimum Gasteiger partial charge on any atom is -0.463 e. The third-order valence-electron chi connectivity index (χ3n) is 2.44. The van der Waals surface area contributed by atoms with Gasteiger partial charge in [0, 0.05) is 5.69 Å². The normalized spacial score (nSPS) is 9.95. The molecule has 0 atom stereocenters. The summed E-state index contributed by atoms with van der Waals surface area (Å²) in [6.07, 6.45) is 1.87. The van der Waals surface area contributed by atoms with Crippen LogP contribution in [0.5, 0.6) is 0 Å². The van der Waals surface area contributed by atoms with E-state index in [1.54, 1.807) is 24.3 Å². The second kappa shape index (κ2) is 8.13. The van der Waals surface area contributed by atoms with Crippen molar-refractivity contribution in [2.24, 2.45) is 0 Å². The van der Waals surface area contributed by atoms with Crippen LogP contribution in [0.1, 0.15) is 25.3 Å². The van der Waals surface area contributed by atoms with Gasteiger partial charge in [0.2, 0.25) is 0 Å². The second-order valence-corrected chi connectivity index (χ2v) is 4.15. The van der Waals surface area contributed by atoms with Crippen molar-refractivity contribution in [3.8, 4) is 0 Å². The summed E-state index contributed by atoms with van der Waals surface area (Å²) in [5.41, 5.74) is 6.96. The van der Waals surface area contributed by atoms with Gasteiger partial charge in [0.15, 0.2) is 6.61 Å². The summed E-state index contributed by atoms with van der Waals surface area (Å²) >= 11 is 0. The Morgan fingerprint density at radius 3 is 2.42 bits per heavy atom. The lowest BCUT2D eigenvalue weighted by molar-refractivity contribution is -0.158. The van der Waals surface area contributed by atoms with Gasteiger partial charge in [-0.05, 0) is 24.1 Å². The number of esters is 2. The molecule has 0 aliphatic heterocycles. The number of hydrogen-bond donors (Lipinski definition) is 1. The number of anilines is 1. The molecule has 2 N–H and O–H groups in total. The fourth-order valence-corrected chi connectivity index (χ4v) is 1.36. The van der Waals surface area contributed by atoms with Crippen LogP contribution >= 0.6 is 0 Å². The van der Waals surface area contributed by atoms with Crippen LogP contribution in [0.25, 0.3) is 0 Å². The van der Waals surface area contributed by atoms with Gasteiger partial charge in [0.1, 0.15) is 0 Å². The van der Waals surface area contributed by atoms with Gasteiger partial charge in [-0.25, -0.2) is 4.79 Å². The molecule has 0 amide bonds. The summed E-state index contributed by atoms with van der Waals surface area (Å²) in [7, 11) is 0. The van der Waals surface area contributed by atoms with Gasteiger partial charge in [-0.3, -0.25) is 4.79 Å². The molecule has 0 radical (unpaired) electrons. The lowest BCUT2D eigenvalue weighted by atomic mass is 10.1. The average Bonchev–Trinajstić information content (AvgIpc) is 2.39. The molecule has 104 valence electrons. The number of unbranched alkanes of at least 4 members (excludes halogenated alkanes) is 1. The van der Waals surface area contributed by atoms with Gasteiger partial charge < -0.3 is 15.2 Å². The molecule has 0 aromatic heterocycles. The van der Waals surface area contributed by atoms with Crippen LogP contribution in [0.2, 0.25) is 0 Å². The van der Waals surface area contributed by atoms with Gasteiger partial charge in [-0.1, -0.05) is 25.5 Å². The number of carbonyl (C=O) groups is 2. The fraction of sp³-hybridized carbons (Fsp3) is 0.429. The van der Waals surface area contributed by atoms with E-state index in [0.29, 0.717) is 12.3 Å². The molecular formula is C14H19NO4. The summed E-state index contributed by atoms with van der Waals surface area (Å²) in [6, 6.07) is 6.91. The average molecular weight is 265 g/mol. The van der Waals surface area contributed by atoms with Crippen LogP contribution in [-0.4, -0.2) is 25.2 Å². The predicted octanol–water partition coefficient (Wildman–Crippen LogP) is 1.70. The lowest BCUT2D eigenvalue weighted by Crippen LogP contribution is -2.18. The molecule has 0 heterocycles. The Morgan fingerprint density at radius 2 is 1.79 bits per heavy atom. The highest BCUT2D eigenvalue weighted by molar-refractivity contribution is 5.77. The van der Waals surface area contributed by atoms with Gasteiger partial charge in [0.25, 0.3) is 0 Å². The Bertz CT molecular complexity index is 414. The van der Waals surface area contributed by atoms with Crippen molar-refractivity contribution in [2.45, 2.75) is 26.2 Å². The number of hydrogen-bond acceptors (Lipinski definition) is 5. The summed E-state index contributed by atoms with van der Waals surface area (Å²) in [5.74, 6) is -0.976. The largest absolute Gasteiger partial charge is 0.463 e. The zero-order valence-electron chi connectivity index (χ0n) is 11.1. The minimum absolute atomic E-state index is 0.114. The van der Waals surface area contributed by atoms with E-state index in [1.165, 1.54) is 0 Å². The Balaban J connectivity index is 2.24. The van der Waals surface area contributed by atoms with Gasteiger partial charge in [0.05, 0.1) is 13.0 Å². The highest BCUT2D eigenvalue weighted by atomic mass is 16.6. The van der Waals surface area contributed by atoms with Crippen LogP contribution in [-0.2, 0) is 25.5 Å². The molecule has 0 aliphatic rings. The quantitative estimate of drug-likeness (QED) is 0.461. The molecule has 1 rings (SSSR count). The molecule has 0 aliphatic carbocycles.